The van der Waals surface area contributed by atoms with Crippen LogP contribution in [0.4, 0.5) is 0 Å². The second-order valence-corrected chi connectivity index (χ2v) is 6.51. The first-order valence-electron chi connectivity index (χ1n) is 6.86. The van der Waals surface area contributed by atoms with Gasteiger partial charge < -0.3 is 9.31 Å². The topological polar surface area (TPSA) is 35.5 Å². The van der Waals surface area contributed by atoms with Gasteiger partial charge in [0.05, 0.1) is 16.2 Å². The molecule has 1 aliphatic rings. The Morgan fingerprint density at radius 2 is 1.75 bits per heavy atom. The van der Waals surface area contributed by atoms with Crippen LogP contribution in [0.2, 0.25) is 5.02 Å². The predicted molar refractivity (Wildman–Crippen MR) is 81.8 cm³/mol. The zero-order valence-electron chi connectivity index (χ0n) is 12.6. The minimum absolute atomic E-state index is 0.0375. The number of halogens is 1. The molecular formula is C15H20BClO3. The summed E-state index contributed by atoms with van der Waals surface area (Å²) in [4.78, 5) is 11.7. The number of ketones is 1. The number of carbonyl (C=O) groups excluding carboxylic acids is 1. The third kappa shape index (κ3) is 2.65. The summed E-state index contributed by atoms with van der Waals surface area (Å²) < 4.78 is 11.9. The number of rotatable bonds is 3. The van der Waals surface area contributed by atoms with Crippen LogP contribution in [0.1, 0.15) is 51.4 Å². The zero-order valence-corrected chi connectivity index (χ0v) is 13.4. The van der Waals surface area contributed by atoms with Gasteiger partial charge in [-0.15, -0.1) is 0 Å². The lowest BCUT2D eigenvalue weighted by molar-refractivity contribution is 0.00578. The van der Waals surface area contributed by atoms with Crippen LogP contribution >= 0.6 is 11.6 Å². The van der Waals surface area contributed by atoms with Gasteiger partial charge in [-0.3, -0.25) is 4.79 Å². The van der Waals surface area contributed by atoms with Crippen LogP contribution in [0.15, 0.2) is 18.2 Å². The Labute approximate surface area is 125 Å². The summed E-state index contributed by atoms with van der Waals surface area (Å²) in [6.45, 7) is 9.83. The lowest BCUT2D eigenvalue weighted by atomic mass is 9.78. The molecule has 3 nitrogen and oxygen atoms in total. The third-order valence-electron chi connectivity index (χ3n) is 4.14. The van der Waals surface area contributed by atoms with Crippen molar-refractivity contribution in [1.29, 1.82) is 0 Å². The highest BCUT2D eigenvalue weighted by molar-refractivity contribution is 6.62. The minimum atomic E-state index is -0.455. The van der Waals surface area contributed by atoms with Gasteiger partial charge in [0, 0.05) is 12.0 Å². The van der Waals surface area contributed by atoms with Crippen molar-refractivity contribution in [3.05, 3.63) is 28.8 Å². The first-order valence-corrected chi connectivity index (χ1v) is 7.24. The Kier molecular flexibility index (Phi) is 4.02. The Morgan fingerprint density at radius 3 is 2.20 bits per heavy atom. The smallest absolute Gasteiger partial charge is 0.399 e. The molecule has 0 radical (unpaired) electrons. The van der Waals surface area contributed by atoms with E-state index in [-0.39, 0.29) is 17.0 Å². The molecule has 1 saturated heterocycles. The molecule has 0 aromatic heterocycles. The largest absolute Gasteiger partial charge is 0.494 e. The quantitative estimate of drug-likeness (QED) is 0.634. The maximum Gasteiger partial charge on any atom is 0.494 e. The predicted octanol–water partition coefficient (Wildman–Crippen LogP) is 3.23. The summed E-state index contributed by atoms with van der Waals surface area (Å²) in [5.41, 5.74) is 0.611. The summed E-state index contributed by atoms with van der Waals surface area (Å²) in [7, 11) is -0.455. The maximum absolute atomic E-state index is 11.7. The molecule has 1 aromatic carbocycles. The molecule has 0 bridgehead atoms. The highest BCUT2D eigenvalue weighted by Crippen LogP contribution is 2.36. The van der Waals surface area contributed by atoms with E-state index in [1.807, 2.05) is 40.7 Å². The summed E-state index contributed by atoms with van der Waals surface area (Å²) in [6.07, 6.45) is 0.440. The SMILES string of the molecule is CCC(=O)c1ccc(B2OC(C)(C)C(C)(C)O2)cc1Cl. The van der Waals surface area contributed by atoms with Crippen molar-refractivity contribution in [2.75, 3.05) is 0 Å². The number of benzene rings is 1. The Bertz CT molecular complexity index is 524. The molecule has 1 heterocycles. The zero-order chi connectivity index (χ0) is 15.1. The van der Waals surface area contributed by atoms with Gasteiger partial charge in [-0.05, 0) is 39.2 Å². The highest BCUT2D eigenvalue weighted by Gasteiger charge is 2.51. The van der Waals surface area contributed by atoms with Crippen LogP contribution in [0.5, 0.6) is 0 Å². The van der Waals surface area contributed by atoms with E-state index in [9.17, 15) is 4.79 Å². The van der Waals surface area contributed by atoms with E-state index in [0.29, 0.717) is 17.0 Å². The van der Waals surface area contributed by atoms with Crippen LogP contribution in [0.25, 0.3) is 0 Å². The average Bonchev–Trinajstić information content (AvgIpc) is 2.57. The Hall–Kier alpha value is -0.835. The molecular weight excluding hydrogens is 274 g/mol. The summed E-state index contributed by atoms with van der Waals surface area (Å²) in [5.74, 6) is 0.0375. The van der Waals surface area contributed by atoms with Crippen molar-refractivity contribution in [3.63, 3.8) is 0 Å². The molecule has 0 amide bonds. The van der Waals surface area contributed by atoms with Gasteiger partial charge in [-0.2, -0.15) is 0 Å². The molecule has 1 aliphatic heterocycles. The molecule has 20 heavy (non-hydrogen) atoms. The third-order valence-corrected chi connectivity index (χ3v) is 4.45. The number of carbonyl (C=O) groups is 1. The fourth-order valence-electron chi connectivity index (χ4n) is 2.07. The van der Waals surface area contributed by atoms with Gasteiger partial charge in [0.25, 0.3) is 0 Å². The van der Waals surface area contributed by atoms with Gasteiger partial charge in [-0.1, -0.05) is 30.7 Å². The molecule has 0 saturated carbocycles. The van der Waals surface area contributed by atoms with E-state index >= 15 is 0 Å². The Morgan fingerprint density at radius 1 is 1.20 bits per heavy atom. The molecule has 2 rings (SSSR count). The van der Waals surface area contributed by atoms with Crippen LogP contribution in [0.3, 0.4) is 0 Å². The van der Waals surface area contributed by atoms with E-state index in [1.54, 1.807) is 12.1 Å². The van der Waals surface area contributed by atoms with E-state index in [1.165, 1.54) is 0 Å². The second-order valence-electron chi connectivity index (χ2n) is 6.10. The Balaban J connectivity index is 2.28. The van der Waals surface area contributed by atoms with Crippen LogP contribution in [0, 0.1) is 0 Å². The fraction of sp³-hybridized carbons (Fsp3) is 0.533. The molecule has 5 heteroatoms. The van der Waals surface area contributed by atoms with Gasteiger partial charge >= 0.3 is 7.12 Å². The molecule has 0 N–H and O–H groups in total. The molecule has 1 aromatic rings. The summed E-state index contributed by atoms with van der Waals surface area (Å²) >= 11 is 6.19. The second kappa shape index (κ2) is 5.17. The minimum Gasteiger partial charge on any atom is -0.399 e. The van der Waals surface area contributed by atoms with Gasteiger partial charge in [0.2, 0.25) is 0 Å². The van der Waals surface area contributed by atoms with E-state index in [2.05, 4.69) is 0 Å². The van der Waals surface area contributed by atoms with Gasteiger partial charge in [0.15, 0.2) is 5.78 Å². The molecule has 0 atom stereocenters. The number of Topliss-reactive ketones (excluding diaryl/α,β-unsaturated/α-hetero) is 1. The molecule has 0 spiro atoms. The lowest BCUT2D eigenvalue weighted by Crippen LogP contribution is -2.41. The number of hydrogen-bond donors (Lipinski definition) is 0. The van der Waals surface area contributed by atoms with Crippen LogP contribution < -0.4 is 5.46 Å². The normalized spacial score (nSPS) is 20.2. The van der Waals surface area contributed by atoms with Crippen molar-refractivity contribution >= 4 is 30.0 Å². The van der Waals surface area contributed by atoms with Crippen molar-refractivity contribution in [2.45, 2.75) is 52.2 Å². The summed E-state index contributed by atoms with van der Waals surface area (Å²) in [6, 6.07) is 5.35. The van der Waals surface area contributed by atoms with Gasteiger partial charge in [0.1, 0.15) is 0 Å². The molecule has 1 fully saturated rings. The standard InChI is InChI=1S/C15H20BClO3/c1-6-13(18)11-8-7-10(9-12(11)17)16-19-14(2,3)15(4,5)20-16/h7-9H,6H2,1-5H3. The van der Waals surface area contributed by atoms with Gasteiger partial charge in [-0.25, -0.2) is 0 Å². The first kappa shape index (κ1) is 15.6. The van der Waals surface area contributed by atoms with E-state index in [0.717, 1.165) is 5.46 Å². The van der Waals surface area contributed by atoms with E-state index < -0.39 is 7.12 Å². The van der Waals surface area contributed by atoms with Crippen molar-refractivity contribution in [2.24, 2.45) is 0 Å². The highest BCUT2D eigenvalue weighted by atomic mass is 35.5. The molecule has 108 valence electrons. The average molecular weight is 295 g/mol. The van der Waals surface area contributed by atoms with Crippen LogP contribution in [-0.2, 0) is 9.31 Å². The lowest BCUT2D eigenvalue weighted by Gasteiger charge is -2.32. The van der Waals surface area contributed by atoms with Crippen molar-refractivity contribution < 1.29 is 14.1 Å². The number of hydrogen-bond acceptors (Lipinski definition) is 3. The molecule has 0 unspecified atom stereocenters. The first-order chi connectivity index (χ1) is 9.18. The fourth-order valence-corrected chi connectivity index (χ4v) is 2.37. The monoisotopic (exact) mass is 294 g/mol. The van der Waals surface area contributed by atoms with Crippen LogP contribution in [-0.4, -0.2) is 24.1 Å². The molecule has 0 aliphatic carbocycles. The van der Waals surface area contributed by atoms with E-state index in [4.69, 9.17) is 20.9 Å². The summed E-state index contributed by atoms with van der Waals surface area (Å²) in [5, 5.41) is 0.448. The van der Waals surface area contributed by atoms with Crippen molar-refractivity contribution in [1.82, 2.24) is 0 Å². The van der Waals surface area contributed by atoms with Crippen molar-refractivity contribution in [3.8, 4) is 0 Å². The maximum atomic E-state index is 11.7.